The summed E-state index contributed by atoms with van der Waals surface area (Å²) in [5.74, 6) is 1.97. The largest absolute Gasteiger partial charge is 0.493 e. The van der Waals surface area contributed by atoms with Gasteiger partial charge >= 0.3 is 0 Å². The third kappa shape index (κ3) is 4.20. The summed E-state index contributed by atoms with van der Waals surface area (Å²) in [7, 11) is 3.24. The number of thiophene rings is 1. The van der Waals surface area contributed by atoms with Crippen molar-refractivity contribution in [2.75, 3.05) is 14.2 Å². The fraction of sp³-hybridized carbons (Fsp3) is 0.261. The lowest BCUT2D eigenvalue weighted by atomic mass is 10.2. The van der Waals surface area contributed by atoms with Crippen LogP contribution in [0, 0.1) is 13.8 Å². The van der Waals surface area contributed by atoms with E-state index in [4.69, 9.17) is 19.4 Å². The third-order valence-electron chi connectivity index (χ3n) is 5.10. The summed E-state index contributed by atoms with van der Waals surface area (Å²) in [4.78, 5) is 24.6. The van der Waals surface area contributed by atoms with E-state index in [0.717, 1.165) is 31.5 Å². The molecule has 0 N–H and O–H groups in total. The van der Waals surface area contributed by atoms with Crippen LogP contribution in [0.15, 0.2) is 46.2 Å². The highest BCUT2D eigenvalue weighted by Crippen LogP contribution is 2.35. The summed E-state index contributed by atoms with van der Waals surface area (Å²) in [5.41, 5.74) is 2.90. The van der Waals surface area contributed by atoms with Gasteiger partial charge in [0.2, 0.25) is 0 Å². The smallest absolute Gasteiger partial charge is 0.263 e. The first-order valence-corrected chi connectivity index (χ1v) is 12.6. The molecular formula is C23H23N3O3S3. The maximum atomic E-state index is 13.1. The van der Waals surface area contributed by atoms with Gasteiger partial charge < -0.3 is 9.47 Å². The van der Waals surface area contributed by atoms with E-state index >= 15 is 0 Å². The zero-order valence-electron chi connectivity index (χ0n) is 18.3. The van der Waals surface area contributed by atoms with Gasteiger partial charge in [-0.25, -0.2) is 9.97 Å². The molecule has 0 radical (unpaired) electrons. The molecule has 0 saturated carbocycles. The Morgan fingerprint density at radius 2 is 1.97 bits per heavy atom. The summed E-state index contributed by atoms with van der Waals surface area (Å²) < 4.78 is 12.4. The Labute approximate surface area is 198 Å². The van der Waals surface area contributed by atoms with Crippen molar-refractivity contribution in [3.8, 4) is 22.1 Å². The van der Waals surface area contributed by atoms with Crippen LogP contribution in [0.25, 0.3) is 20.8 Å². The van der Waals surface area contributed by atoms with Gasteiger partial charge in [-0.1, -0.05) is 17.8 Å². The van der Waals surface area contributed by atoms with Crippen molar-refractivity contribution in [2.45, 2.75) is 31.3 Å². The number of ether oxygens (including phenoxy) is 2. The Hall–Kier alpha value is -2.62. The van der Waals surface area contributed by atoms with Crippen LogP contribution in [0.3, 0.4) is 0 Å². The minimum absolute atomic E-state index is 0.0106. The number of aryl methyl sites for hydroxylation is 2. The lowest BCUT2D eigenvalue weighted by Gasteiger charge is -2.09. The third-order valence-corrected chi connectivity index (χ3v) is 8.15. The van der Waals surface area contributed by atoms with E-state index in [1.54, 1.807) is 47.5 Å². The molecule has 0 aliphatic rings. The normalized spacial score (nSPS) is 11.1. The number of fused-ring (bicyclic) bond motifs is 1. The monoisotopic (exact) mass is 485 g/mol. The summed E-state index contributed by atoms with van der Waals surface area (Å²) in [5, 5.41) is 4.33. The summed E-state index contributed by atoms with van der Waals surface area (Å²) in [6.07, 6.45) is 1.73. The van der Waals surface area contributed by atoms with Crippen molar-refractivity contribution < 1.29 is 9.47 Å². The zero-order valence-corrected chi connectivity index (χ0v) is 20.7. The van der Waals surface area contributed by atoms with Gasteiger partial charge in [0.05, 0.1) is 25.3 Å². The van der Waals surface area contributed by atoms with Gasteiger partial charge in [0.15, 0.2) is 16.7 Å². The predicted octanol–water partition coefficient (Wildman–Crippen LogP) is 5.69. The molecule has 166 valence electrons. The zero-order chi connectivity index (χ0) is 22.8. The average Bonchev–Trinajstić information content (AvgIpc) is 3.38. The van der Waals surface area contributed by atoms with Crippen LogP contribution in [0.5, 0.6) is 11.5 Å². The van der Waals surface area contributed by atoms with Gasteiger partial charge in [-0.2, -0.15) is 0 Å². The van der Waals surface area contributed by atoms with Gasteiger partial charge in [0.25, 0.3) is 5.56 Å². The van der Waals surface area contributed by atoms with E-state index in [-0.39, 0.29) is 5.56 Å². The van der Waals surface area contributed by atoms with Crippen LogP contribution < -0.4 is 15.0 Å². The second kappa shape index (κ2) is 9.48. The minimum atomic E-state index is -0.0106. The molecule has 0 fully saturated rings. The van der Waals surface area contributed by atoms with E-state index < -0.39 is 0 Å². The number of aromatic nitrogens is 3. The maximum absolute atomic E-state index is 13.1. The van der Waals surface area contributed by atoms with Crippen molar-refractivity contribution in [3.05, 3.63) is 62.7 Å². The van der Waals surface area contributed by atoms with E-state index in [1.807, 2.05) is 37.4 Å². The van der Waals surface area contributed by atoms with E-state index in [1.165, 1.54) is 11.8 Å². The highest BCUT2D eigenvalue weighted by molar-refractivity contribution is 7.98. The molecule has 32 heavy (non-hydrogen) atoms. The Bertz CT molecular complexity index is 1350. The quantitative estimate of drug-likeness (QED) is 0.181. The molecule has 0 amide bonds. The molecule has 4 aromatic rings. The highest BCUT2D eigenvalue weighted by atomic mass is 32.2. The van der Waals surface area contributed by atoms with Crippen molar-refractivity contribution in [2.24, 2.45) is 0 Å². The molecule has 0 unspecified atom stereocenters. The van der Waals surface area contributed by atoms with E-state index in [9.17, 15) is 4.79 Å². The van der Waals surface area contributed by atoms with Gasteiger partial charge in [0.1, 0.15) is 9.84 Å². The lowest BCUT2D eigenvalue weighted by Crippen LogP contribution is -2.22. The fourth-order valence-corrected chi connectivity index (χ4v) is 6.22. The number of benzene rings is 1. The van der Waals surface area contributed by atoms with Crippen LogP contribution in [0.1, 0.15) is 16.1 Å². The average molecular weight is 486 g/mol. The number of rotatable bonds is 8. The summed E-state index contributed by atoms with van der Waals surface area (Å²) >= 11 is 4.65. The van der Waals surface area contributed by atoms with Gasteiger partial charge in [-0.3, -0.25) is 9.36 Å². The molecule has 0 bridgehead atoms. The first-order chi connectivity index (χ1) is 15.5. The van der Waals surface area contributed by atoms with Crippen LogP contribution in [0.2, 0.25) is 0 Å². The molecule has 4 rings (SSSR count). The fourth-order valence-electron chi connectivity index (χ4n) is 3.32. The van der Waals surface area contributed by atoms with E-state index in [0.29, 0.717) is 34.3 Å². The number of nitrogens with zero attached hydrogens (tertiary/aromatic N) is 3. The number of allylic oxidation sites excluding steroid dienone is 1. The molecule has 0 spiro atoms. The number of methoxy groups -OCH3 is 2. The first kappa shape index (κ1) is 22.6. The Kier molecular flexibility index (Phi) is 6.68. The number of thioether (sulfide) groups is 1. The lowest BCUT2D eigenvalue weighted by molar-refractivity contribution is 0.355. The Balaban J connectivity index is 1.61. The summed E-state index contributed by atoms with van der Waals surface area (Å²) in [6.45, 7) is 8.23. The standard InChI is InChI=1S/C23H23N3O3S3/c1-6-9-26-22(27)19-13(2)14(3)32-21(19)25-23(26)31-12-16-11-30-20(24-16)15-7-8-17(28-4)18(10-15)29-5/h6-8,10-11H,1,9,12H2,2-5H3. The molecule has 0 saturated heterocycles. The summed E-state index contributed by atoms with van der Waals surface area (Å²) in [6, 6.07) is 5.77. The highest BCUT2D eigenvalue weighted by Gasteiger charge is 2.17. The number of thiazole rings is 1. The van der Waals surface area contributed by atoms with Crippen molar-refractivity contribution >= 4 is 44.7 Å². The Morgan fingerprint density at radius 3 is 2.69 bits per heavy atom. The van der Waals surface area contributed by atoms with Gasteiger partial charge in [-0.15, -0.1) is 29.3 Å². The second-order valence-corrected chi connectivity index (χ2v) is 10.1. The first-order valence-electron chi connectivity index (χ1n) is 9.87. The van der Waals surface area contributed by atoms with Crippen LogP contribution in [-0.2, 0) is 12.3 Å². The SMILES string of the molecule is C=CCn1c(SCc2csc(-c3ccc(OC)c(OC)c3)n2)nc2sc(C)c(C)c2c1=O. The van der Waals surface area contributed by atoms with Crippen molar-refractivity contribution in [3.63, 3.8) is 0 Å². The van der Waals surface area contributed by atoms with Crippen LogP contribution >= 0.6 is 34.4 Å². The number of hydrogen-bond donors (Lipinski definition) is 0. The Morgan fingerprint density at radius 1 is 1.19 bits per heavy atom. The van der Waals surface area contributed by atoms with Gasteiger partial charge in [0, 0.05) is 28.1 Å². The molecule has 0 aliphatic heterocycles. The van der Waals surface area contributed by atoms with Crippen LogP contribution in [0.4, 0.5) is 0 Å². The molecule has 9 heteroatoms. The molecular weight excluding hydrogens is 462 g/mol. The minimum Gasteiger partial charge on any atom is -0.493 e. The molecule has 3 aromatic heterocycles. The maximum Gasteiger partial charge on any atom is 0.263 e. The molecule has 0 atom stereocenters. The molecule has 6 nitrogen and oxygen atoms in total. The second-order valence-electron chi connectivity index (χ2n) is 7.06. The van der Waals surface area contributed by atoms with Crippen LogP contribution in [-0.4, -0.2) is 28.8 Å². The molecule has 3 heterocycles. The number of hydrogen-bond acceptors (Lipinski definition) is 8. The van der Waals surface area contributed by atoms with E-state index in [2.05, 4.69) is 6.58 Å². The predicted molar refractivity (Wildman–Crippen MR) is 134 cm³/mol. The molecule has 0 aliphatic carbocycles. The van der Waals surface area contributed by atoms with Gasteiger partial charge in [-0.05, 0) is 37.6 Å². The topological polar surface area (TPSA) is 66.2 Å². The van der Waals surface area contributed by atoms with Crippen molar-refractivity contribution in [1.29, 1.82) is 0 Å². The molecule has 1 aromatic carbocycles. The van der Waals surface area contributed by atoms with Crippen molar-refractivity contribution in [1.82, 2.24) is 14.5 Å².